The lowest BCUT2D eigenvalue weighted by atomic mass is 9.90. The Morgan fingerprint density at radius 2 is 1.87 bits per heavy atom. The van der Waals surface area contributed by atoms with Crippen molar-refractivity contribution in [2.45, 2.75) is 27.2 Å². The Labute approximate surface area is 92.3 Å². The predicted molar refractivity (Wildman–Crippen MR) is 65.9 cm³/mol. The molecule has 3 unspecified atom stereocenters. The van der Waals surface area contributed by atoms with Crippen molar-refractivity contribution in [3.63, 3.8) is 0 Å². The minimum atomic E-state index is 0.528. The number of hydrogen-bond acceptors (Lipinski definition) is 1. The second kappa shape index (κ2) is 4.18. The highest BCUT2D eigenvalue weighted by Crippen LogP contribution is 2.28. The Bertz CT molecular complexity index is 358. The van der Waals surface area contributed by atoms with Crippen LogP contribution >= 0.6 is 0 Å². The van der Waals surface area contributed by atoms with E-state index in [2.05, 4.69) is 56.3 Å². The van der Waals surface area contributed by atoms with Crippen LogP contribution in [0.15, 0.2) is 40.6 Å². The molecule has 80 valence electrons. The van der Waals surface area contributed by atoms with E-state index in [0.717, 1.165) is 12.1 Å². The van der Waals surface area contributed by atoms with Gasteiger partial charge in [-0.05, 0) is 35.8 Å². The summed E-state index contributed by atoms with van der Waals surface area (Å²) in [5, 5.41) is 0. The lowest BCUT2D eigenvalue weighted by Crippen LogP contribution is -2.07. The van der Waals surface area contributed by atoms with Crippen LogP contribution in [0.25, 0.3) is 0 Å². The maximum Gasteiger partial charge on any atom is 0.0654 e. The van der Waals surface area contributed by atoms with Crippen molar-refractivity contribution >= 4 is 6.21 Å². The molecule has 15 heavy (non-hydrogen) atoms. The van der Waals surface area contributed by atoms with Crippen molar-refractivity contribution in [2.24, 2.45) is 22.7 Å². The molecule has 0 saturated carbocycles. The van der Waals surface area contributed by atoms with Gasteiger partial charge in [0, 0.05) is 6.21 Å². The average Bonchev–Trinajstić information content (AvgIpc) is 2.45. The van der Waals surface area contributed by atoms with Crippen LogP contribution in [-0.2, 0) is 0 Å². The van der Waals surface area contributed by atoms with Gasteiger partial charge in [0.15, 0.2) is 0 Å². The number of allylic oxidation sites excluding steroid dienone is 5. The first kappa shape index (κ1) is 10.4. The molecule has 0 fully saturated rings. The number of nitrogens with zero attached hydrogens (tertiary/aromatic N) is 1. The summed E-state index contributed by atoms with van der Waals surface area (Å²) in [6, 6.07) is 0. The maximum absolute atomic E-state index is 4.59. The Kier molecular flexibility index (Phi) is 2.90. The molecule has 0 amide bonds. The van der Waals surface area contributed by atoms with Gasteiger partial charge < -0.3 is 0 Å². The minimum Gasteiger partial charge on any atom is -0.261 e. The lowest BCUT2D eigenvalue weighted by molar-refractivity contribution is 0.493. The SMILES string of the molecule is CC1C=CC2=C(C=C1)N=CC(C)C(C)C2. The molecule has 3 atom stereocenters. The van der Waals surface area contributed by atoms with Crippen molar-refractivity contribution in [1.29, 1.82) is 0 Å². The van der Waals surface area contributed by atoms with Crippen LogP contribution in [0.2, 0.25) is 0 Å². The second-order valence-electron chi connectivity index (χ2n) is 4.81. The molecule has 1 aliphatic heterocycles. The Morgan fingerprint density at radius 3 is 2.67 bits per heavy atom. The highest BCUT2D eigenvalue weighted by atomic mass is 14.7. The fourth-order valence-electron chi connectivity index (χ4n) is 1.94. The summed E-state index contributed by atoms with van der Waals surface area (Å²) in [7, 11) is 0. The van der Waals surface area contributed by atoms with Crippen LogP contribution < -0.4 is 0 Å². The van der Waals surface area contributed by atoms with Gasteiger partial charge in [-0.1, -0.05) is 39.0 Å². The van der Waals surface area contributed by atoms with E-state index in [9.17, 15) is 0 Å². The number of rotatable bonds is 0. The highest BCUT2D eigenvalue weighted by molar-refractivity contribution is 5.64. The Balaban J connectivity index is 2.34. The summed E-state index contributed by atoms with van der Waals surface area (Å²) in [6.45, 7) is 6.75. The van der Waals surface area contributed by atoms with Gasteiger partial charge in [-0.3, -0.25) is 4.99 Å². The van der Waals surface area contributed by atoms with Gasteiger partial charge in [0.25, 0.3) is 0 Å². The fourth-order valence-corrected chi connectivity index (χ4v) is 1.94. The smallest absolute Gasteiger partial charge is 0.0654 e. The van der Waals surface area contributed by atoms with E-state index in [1.165, 1.54) is 5.57 Å². The second-order valence-corrected chi connectivity index (χ2v) is 4.81. The van der Waals surface area contributed by atoms with E-state index in [0.29, 0.717) is 17.8 Å². The summed E-state index contributed by atoms with van der Waals surface area (Å²) in [4.78, 5) is 4.59. The molecule has 0 spiro atoms. The van der Waals surface area contributed by atoms with Crippen molar-refractivity contribution < 1.29 is 0 Å². The van der Waals surface area contributed by atoms with Gasteiger partial charge in [0.1, 0.15) is 0 Å². The molecule has 0 bridgehead atoms. The van der Waals surface area contributed by atoms with Crippen LogP contribution in [-0.4, -0.2) is 6.21 Å². The monoisotopic (exact) mass is 201 g/mol. The molecule has 0 N–H and O–H groups in total. The maximum atomic E-state index is 4.59. The average molecular weight is 201 g/mol. The number of aliphatic imine (C=N–C) groups is 1. The van der Waals surface area contributed by atoms with Gasteiger partial charge >= 0.3 is 0 Å². The fraction of sp³-hybridized carbons (Fsp3) is 0.500. The first-order valence-electron chi connectivity index (χ1n) is 5.80. The van der Waals surface area contributed by atoms with E-state index < -0.39 is 0 Å². The van der Waals surface area contributed by atoms with E-state index in [-0.39, 0.29) is 0 Å². The van der Waals surface area contributed by atoms with Gasteiger partial charge in [-0.15, -0.1) is 0 Å². The molecule has 0 aromatic heterocycles. The third-order valence-electron chi connectivity index (χ3n) is 3.38. The minimum absolute atomic E-state index is 0.528. The molecule has 0 aromatic rings. The molecule has 0 saturated heterocycles. The van der Waals surface area contributed by atoms with E-state index in [4.69, 9.17) is 0 Å². The topological polar surface area (TPSA) is 12.4 Å². The van der Waals surface area contributed by atoms with Crippen LogP contribution in [0, 0.1) is 17.8 Å². The number of hydrogen-bond donors (Lipinski definition) is 0. The molecule has 1 nitrogen and oxygen atoms in total. The zero-order valence-corrected chi connectivity index (χ0v) is 9.77. The van der Waals surface area contributed by atoms with E-state index in [1.54, 1.807) is 0 Å². The standard InChI is InChI=1S/C14H19N/c1-10-4-6-13-8-11(2)12(3)9-15-14(13)7-5-10/h4-7,9-12H,8H2,1-3H3. The van der Waals surface area contributed by atoms with Crippen LogP contribution in [0.3, 0.4) is 0 Å². The first-order chi connectivity index (χ1) is 7.16. The molecular weight excluding hydrogens is 182 g/mol. The molecule has 2 rings (SSSR count). The zero-order chi connectivity index (χ0) is 10.8. The molecule has 1 aliphatic carbocycles. The highest BCUT2D eigenvalue weighted by Gasteiger charge is 2.17. The molecule has 1 heterocycles. The molecular formula is C14H19N. The molecule has 2 aliphatic rings. The Morgan fingerprint density at radius 1 is 1.13 bits per heavy atom. The first-order valence-corrected chi connectivity index (χ1v) is 5.80. The summed E-state index contributed by atoms with van der Waals surface area (Å²) in [5.41, 5.74) is 2.55. The quantitative estimate of drug-likeness (QED) is 0.566. The van der Waals surface area contributed by atoms with Crippen molar-refractivity contribution in [3.8, 4) is 0 Å². The predicted octanol–water partition coefficient (Wildman–Crippen LogP) is 3.75. The van der Waals surface area contributed by atoms with Gasteiger partial charge in [0.2, 0.25) is 0 Å². The largest absolute Gasteiger partial charge is 0.261 e. The summed E-state index contributed by atoms with van der Waals surface area (Å²) in [6.07, 6.45) is 12.1. The van der Waals surface area contributed by atoms with Crippen LogP contribution in [0.1, 0.15) is 27.2 Å². The molecule has 0 aromatic carbocycles. The van der Waals surface area contributed by atoms with Gasteiger partial charge in [0.05, 0.1) is 5.70 Å². The zero-order valence-electron chi connectivity index (χ0n) is 9.77. The van der Waals surface area contributed by atoms with Crippen molar-refractivity contribution in [3.05, 3.63) is 35.6 Å². The normalized spacial score (nSPS) is 35.0. The lowest BCUT2D eigenvalue weighted by Gasteiger charge is -2.13. The van der Waals surface area contributed by atoms with Gasteiger partial charge in [-0.2, -0.15) is 0 Å². The third kappa shape index (κ3) is 2.28. The van der Waals surface area contributed by atoms with E-state index >= 15 is 0 Å². The molecule has 0 radical (unpaired) electrons. The summed E-state index contributed by atoms with van der Waals surface area (Å²) >= 11 is 0. The van der Waals surface area contributed by atoms with Crippen molar-refractivity contribution in [1.82, 2.24) is 0 Å². The third-order valence-corrected chi connectivity index (χ3v) is 3.38. The molecule has 1 heteroatoms. The van der Waals surface area contributed by atoms with Crippen molar-refractivity contribution in [2.75, 3.05) is 0 Å². The van der Waals surface area contributed by atoms with Crippen LogP contribution in [0.5, 0.6) is 0 Å². The van der Waals surface area contributed by atoms with Gasteiger partial charge in [-0.25, -0.2) is 0 Å². The Hall–Kier alpha value is -1.11. The summed E-state index contributed by atoms with van der Waals surface area (Å²) < 4.78 is 0. The van der Waals surface area contributed by atoms with Crippen LogP contribution in [0.4, 0.5) is 0 Å². The summed E-state index contributed by atoms with van der Waals surface area (Å²) in [5.74, 6) is 1.80. The van der Waals surface area contributed by atoms with E-state index in [1.807, 2.05) is 0 Å².